The average Bonchev–Trinajstić information content (AvgIpc) is 2.95. The number of nitrogens with one attached hydrogen (secondary N) is 1. The second kappa shape index (κ2) is 6.46. The van der Waals surface area contributed by atoms with E-state index in [1.165, 1.54) is 11.5 Å². The van der Waals surface area contributed by atoms with E-state index in [4.69, 9.17) is 0 Å². The standard InChI is InChI=1S/C16H19N3O2S/c1-11-13(10-22-18-11)16(21)17-14-4-2-3-5-15(14)19-8-6-12(20)7-9-19/h2-5,10,12,20H,6-9H2,1H3,(H,17,21). The van der Waals surface area contributed by atoms with Gasteiger partial charge in [0.2, 0.25) is 0 Å². The van der Waals surface area contributed by atoms with E-state index < -0.39 is 0 Å². The Hall–Kier alpha value is -1.92. The lowest BCUT2D eigenvalue weighted by Crippen LogP contribution is -2.36. The molecule has 2 aromatic rings. The Kier molecular flexibility index (Phi) is 4.40. The maximum absolute atomic E-state index is 12.4. The first-order valence-electron chi connectivity index (χ1n) is 7.39. The zero-order valence-corrected chi connectivity index (χ0v) is 13.3. The number of aryl methyl sites for hydroxylation is 1. The van der Waals surface area contributed by atoms with Gasteiger partial charge < -0.3 is 15.3 Å². The Morgan fingerprint density at radius 1 is 1.36 bits per heavy atom. The fourth-order valence-corrected chi connectivity index (χ4v) is 3.35. The number of aliphatic hydroxyl groups is 1. The van der Waals surface area contributed by atoms with E-state index in [1.54, 1.807) is 5.38 Å². The molecule has 1 aliphatic rings. The molecule has 1 aromatic carbocycles. The minimum Gasteiger partial charge on any atom is -0.393 e. The maximum Gasteiger partial charge on any atom is 0.258 e. The predicted molar refractivity (Wildman–Crippen MR) is 88.7 cm³/mol. The number of aromatic nitrogens is 1. The summed E-state index contributed by atoms with van der Waals surface area (Å²) < 4.78 is 4.14. The van der Waals surface area contributed by atoms with E-state index in [9.17, 15) is 9.90 Å². The van der Waals surface area contributed by atoms with Crippen molar-refractivity contribution in [3.63, 3.8) is 0 Å². The van der Waals surface area contributed by atoms with Crippen LogP contribution in [0.15, 0.2) is 29.6 Å². The fraction of sp³-hybridized carbons (Fsp3) is 0.375. The lowest BCUT2D eigenvalue weighted by Gasteiger charge is -2.32. The van der Waals surface area contributed by atoms with Crippen molar-refractivity contribution in [2.45, 2.75) is 25.9 Å². The highest BCUT2D eigenvalue weighted by Crippen LogP contribution is 2.29. The number of para-hydroxylation sites is 2. The van der Waals surface area contributed by atoms with E-state index in [0.717, 1.165) is 43.0 Å². The van der Waals surface area contributed by atoms with E-state index in [0.29, 0.717) is 5.56 Å². The van der Waals surface area contributed by atoms with Gasteiger partial charge in [0.25, 0.3) is 5.91 Å². The van der Waals surface area contributed by atoms with Crippen molar-refractivity contribution < 1.29 is 9.90 Å². The number of carbonyl (C=O) groups excluding carboxylic acids is 1. The largest absolute Gasteiger partial charge is 0.393 e. The van der Waals surface area contributed by atoms with E-state index >= 15 is 0 Å². The van der Waals surface area contributed by atoms with Crippen molar-refractivity contribution in [3.8, 4) is 0 Å². The van der Waals surface area contributed by atoms with Crippen molar-refractivity contribution in [2.24, 2.45) is 0 Å². The molecule has 0 unspecified atom stereocenters. The van der Waals surface area contributed by atoms with Crippen molar-refractivity contribution in [2.75, 3.05) is 23.3 Å². The van der Waals surface area contributed by atoms with Gasteiger partial charge >= 0.3 is 0 Å². The summed E-state index contributed by atoms with van der Waals surface area (Å²) in [5.74, 6) is -0.129. The van der Waals surface area contributed by atoms with Crippen LogP contribution in [0.2, 0.25) is 0 Å². The molecule has 0 aliphatic carbocycles. The van der Waals surface area contributed by atoms with Crippen LogP contribution in [-0.2, 0) is 0 Å². The summed E-state index contributed by atoms with van der Waals surface area (Å²) in [4.78, 5) is 14.6. The van der Waals surface area contributed by atoms with Gasteiger partial charge in [-0.1, -0.05) is 12.1 Å². The summed E-state index contributed by atoms with van der Waals surface area (Å²) in [6.07, 6.45) is 1.31. The molecule has 1 aliphatic heterocycles. The molecule has 0 atom stereocenters. The summed E-state index contributed by atoms with van der Waals surface area (Å²) in [5.41, 5.74) is 3.17. The number of aliphatic hydroxyl groups excluding tert-OH is 1. The molecule has 2 heterocycles. The minimum atomic E-state index is -0.211. The normalized spacial score (nSPS) is 15.8. The number of benzene rings is 1. The molecule has 2 N–H and O–H groups in total. The fourth-order valence-electron chi connectivity index (χ4n) is 2.66. The first kappa shape index (κ1) is 15.0. The Morgan fingerprint density at radius 2 is 2.09 bits per heavy atom. The van der Waals surface area contributed by atoms with Crippen LogP contribution in [-0.4, -0.2) is 34.6 Å². The van der Waals surface area contributed by atoms with E-state index in [2.05, 4.69) is 14.6 Å². The molecule has 6 heteroatoms. The van der Waals surface area contributed by atoms with Gasteiger partial charge in [0, 0.05) is 18.5 Å². The van der Waals surface area contributed by atoms with Gasteiger partial charge in [0.1, 0.15) is 0 Å². The molecule has 0 bridgehead atoms. The second-order valence-corrected chi connectivity index (χ2v) is 6.13. The van der Waals surface area contributed by atoms with E-state index in [1.807, 2.05) is 31.2 Å². The topological polar surface area (TPSA) is 65.5 Å². The smallest absolute Gasteiger partial charge is 0.258 e. The van der Waals surface area contributed by atoms with Crippen LogP contribution in [0, 0.1) is 6.92 Å². The van der Waals surface area contributed by atoms with Gasteiger partial charge in [-0.3, -0.25) is 4.79 Å². The van der Waals surface area contributed by atoms with Crippen LogP contribution in [0.4, 0.5) is 11.4 Å². The van der Waals surface area contributed by atoms with Gasteiger partial charge in [-0.05, 0) is 43.4 Å². The van der Waals surface area contributed by atoms with Crippen LogP contribution in [0.3, 0.4) is 0 Å². The highest BCUT2D eigenvalue weighted by atomic mass is 32.1. The Bertz CT molecular complexity index is 663. The zero-order valence-electron chi connectivity index (χ0n) is 12.5. The lowest BCUT2D eigenvalue weighted by atomic mass is 10.1. The molecule has 1 fully saturated rings. The van der Waals surface area contributed by atoms with Crippen LogP contribution in [0.5, 0.6) is 0 Å². The Balaban J connectivity index is 1.80. The van der Waals surface area contributed by atoms with Gasteiger partial charge in [0.05, 0.1) is 28.7 Å². The number of piperidine rings is 1. The summed E-state index contributed by atoms with van der Waals surface area (Å²) >= 11 is 1.29. The molecule has 1 amide bonds. The number of hydrogen-bond acceptors (Lipinski definition) is 5. The highest BCUT2D eigenvalue weighted by Gasteiger charge is 2.20. The number of hydrogen-bond donors (Lipinski definition) is 2. The van der Waals surface area contributed by atoms with Crippen molar-refractivity contribution in [1.82, 2.24) is 4.37 Å². The quantitative estimate of drug-likeness (QED) is 0.913. The molecule has 0 saturated carbocycles. The molecule has 1 aromatic heterocycles. The van der Waals surface area contributed by atoms with Crippen molar-refractivity contribution in [1.29, 1.82) is 0 Å². The number of carbonyl (C=O) groups is 1. The predicted octanol–water partition coefficient (Wildman–Crippen LogP) is 2.66. The second-order valence-electron chi connectivity index (χ2n) is 5.50. The van der Waals surface area contributed by atoms with Crippen LogP contribution in [0.25, 0.3) is 0 Å². The van der Waals surface area contributed by atoms with E-state index in [-0.39, 0.29) is 12.0 Å². The van der Waals surface area contributed by atoms with Crippen LogP contribution < -0.4 is 10.2 Å². The number of anilines is 2. The van der Waals surface area contributed by atoms with Gasteiger partial charge in [-0.15, -0.1) is 0 Å². The number of rotatable bonds is 3. The summed E-state index contributed by atoms with van der Waals surface area (Å²) in [6, 6.07) is 7.80. The molecule has 5 nitrogen and oxygen atoms in total. The van der Waals surface area contributed by atoms with Crippen LogP contribution in [0.1, 0.15) is 28.9 Å². The minimum absolute atomic E-state index is 0.129. The third-order valence-electron chi connectivity index (χ3n) is 3.95. The lowest BCUT2D eigenvalue weighted by molar-refractivity contribution is 0.102. The molecule has 22 heavy (non-hydrogen) atoms. The zero-order chi connectivity index (χ0) is 15.5. The SMILES string of the molecule is Cc1nscc1C(=O)Nc1ccccc1N1CCC(O)CC1. The van der Waals surface area contributed by atoms with Crippen molar-refractivity contribution in [3.05, 3.63) is 40.9 Å². The monoisotopic (exact) mass is 317 g/mol. The molecule has 1 saturated heterocycles. The molecule has 116 valence electrons. The van der Waals surface area contributed by atoms with Crippen molar-refractivity contribution >= 4 is 28.8 Å². The third-order valence-corrected chi connectivity index (χ3v) is 4.67. The van der Waals surface area contributed by atoms with Gasteiger partial charge in [-0.25, -0.2) is 0 Å². The van der Waals surface area contributed by atoms with Crippen LogP contribution >= 0.6 is 11.5 Å². The molecule has 3 rings (SSSR count). The first-order valence-corrected chi connectivity index (χ1v) is 8.23. The molecule has 0 spiro atoms. The summed E-state index contributed by atoms with van der Waals surface area (Å²) in [6.45, 7) is 3.43. The summed E-state index contributed by atoms with van der Waals surface area (Å²) in [5, 5.41) is 14.4. The maximum atomic E-state index is 12.4. The first-order chi connectivity index (χ1) is 10.6. The third kappa shape index (κ3) is 3.13. The summed E-state index contributed by atoms with van der Waals surface area (Å²) in [7, 11) is 0. The number of amides is 1. The number of nitrogens with zero attached hydrogens (tertiary/aromatic N) is 2. The van der Waals surface area contributed by atoms with Gasteiger partial charge in [0.15, 0.2) is 0 Å². The van der Waals surface area contributed by atoms with Gasteiger partial charge in [-0.2, -0.15) is 4.37 Å². The molecular formula is C16H19N3O2S. The molecular weight excluding hydrogens is 298 g/mol. The Morgan fingerprint density at radius 3 is 2.77 bits per heavy atom. The molecule has 0 radical (unpaired) electrons. The Labute approximate surface area is 133 Å². The average molecular weight is 317 g/mol. The highest BCUT2D eigenvalue weighted by molar-refractivity contribution is 7.04.